The molecule has 168 valence electrons. The second kappa shape index (κ2) is 11.0. The van der Waals surface area contributed by atoms with Crippen molar-refractivity contribution in [3.8, 4) is 0 Å². The smallest absolute Gasteiger partial charge is 0.377 e. The van der Waals surface area contributed by atoms with Crippen molar-refractivity contribution < 1.29 is 22.6 Å². The molecule has 2 saturated heterocycles. The number of piperazine rings is 1. The molecule has 1 aromatic carbocycles. The number of rotatable bonds is 7. The predicted octanol–water partition coefficient (Wildman–Crippen LogP) is 2.59. The van der Waals surface area contributed by atoms with E-state index in [0.717, 1.165) is 69.3 Å². The van der Waals surface area contributed by atoms with E-state index in [1.807, 2.05) is 0 Å². The van der Waals surface area contributed by atoms with Gasteiger partial charge in [-0.25, -0.2) is 0 Å². The quantitative estimate of drug-likeness (QED) is 0.411. The first kappa shape index (κ1) is 22.8. The minimum atomic E-state index is -4.29. The maximum atomic E-state index is 12.7. The van der Waals surface area contributed by atoms with Crippen LogP contribution >= 0.6 is 0 Å². The van der Waals surface area contributed by atoms with Crippen LogP contribution in [-0.4, -0.2) is 81.5 Å². The standard InChI is InChI=1S/C21H31F3N4O2/c1-25-20(26-8-14-29-16-19-3-2-13-30-19)28-11-9-27(10-12-28)15-17-4-6-18(7-5-17)21(22,23)24/h4-7,19H,2-3,8-16H2,1H3,(H,25,26). The van der Waals surface area contributed by atoms with E-state index in [4.69, 9.17) is 9.47 Å². The van der Waals surface area contributed by atoms with E-state index in [2.05, 4.69) is 20.1 Å². The zero-order chi connectivity index (χ0) is 21.4. The SMILES string of the molecule is CN=C(NCCOCC1CCCO1)N1CCN(Cc2ccc(C(F)(F)F)cc2)CC1. The highest BCUT2D eigenvalue weighted by Gasteiger charge is 2.30. The van der Waals surface area contributed by atoms with Gasteiger partial charge in [0.15, 0.2) is 5.96 Å². The number of benzene rings is 1. The number of ether oxygens (including phenoxy) is 2. The molecule has 1 atom stereocenters. The summed E-state index contributed by atoms with van der Waals surface area (Å²) in [7, 11) is 1.77. The zero-order valence-electron chi connectivity index (χ0n) is 17.5. The maximum absolute atomic E-state index is 12.7. The van der Waals surface area contributed by atoms with E-state index in [0.29, 0.717) is 26.3 Å². The number of hydrogen-bond donors (Lipinski definition) is 1. The molecule has 2 aliphatic rings. The van der Waals surface area contributed by atoms with Gasteiger partial charge in [-0.2, -0.15) is 13.2 Å². The molecule has 2 fully saturated rings. The van der Waals surface area contributed by atoms with Crippen molar-refractivity contribution in [3.05, 3.63) is 35.4 Å². The summed E-state index contributed by atoms with van der Waals surface area (Å²) >= 11 is 0. The van der Waals surface area contributed by atoms with Gasteiger partial charge in [-0.15, -0.1) is 0 Å². The zero-order valence-corrected chi connectivity index (χ0v) is 17.5. The van der Waals surface area contributed by atoms with Crippen molar-refractivity contribution in [2.45, 2.75) is 31.7 Å². The van der Waals surface area contributed by atoms with Gasteiger partial charge in [0.05, 0.1) is 24.9 Å². The fourth-order valence-electron chi connectivity index (χ4n) is 3.73. The van der Waals surface area contributed by atoms with Gasteiger partial charge in [0, 0.05) is 52.9 Å². The van der Waals surface area contributed by atoms with Crippen LogP contribution in [0, 0.1) is 0 Å². The van der Waals surface area contributed by atoms with E-state index < -0.39 is 11.7 Å². The third-order valence-corrected chi connectivity index (χ3v) is 5.43. The Kier molecular flexibility index (Phi) is 8.35. The van der Waals surface area contributed by atoms with Gasteiger partial charge in [-0.3, -0.25) is 9.89 Å². The molecule has 0 radical (unpaired) electrons. The monoisotopic (exact) mass is 428 g/mol. The Morgan fingerprint density at radius 2 is 1.93 bits per heavy atom. The van der Waals surface area contributed by atoms with Crippen LogP contribution < -0.4 is 5.32 Å². The number of nitrogens with one attached hydrogen (secondary N) is 1. The fourth-order valence-corrected chi connectivity index (χ4v) is 3.73. The second-order valence-corrected chi connectivity index (χ2v) is 7.64. The molecule has 2 heterocycles. The molecule has 0 saturated carbocycles. The molecular weight excluding hydrogens is 397 g/mol. The van der Waals surface area contributed by atoms with E-state index in [1.54, 1.807) is 19.2 Å². The molecule has 30 heavy (non-hydrogen) atoms. The highest BCUT2D eigenvalue weighted by atomic mass is 19.4. The van der Waals surface area contributed by atoms with Gasteiger partial charge in [-0.1, -0.05) is 12.1 Å². The highest BCUT2D eigenvalue weighted by Crippen LogP contribution is 2.29. The Balaban J connectivity index is 1.35. The number of nitrogens with zero attached hydrogens (tertiary/aromatic N) is 3. The lowest BCUT2D eigenvalue weighted by molar-refractivity contribution is -0.137. The largest absolute Gasteiger partial charge is 0.416 e. The molecule has 2 aliphatic heterocycles. The van der Waals surface area contributed by atoms with E-state index >= 15 is 0 Å². The van der Waals surface area contributed by atoms with Gasteiger partial charge in [-0.05, 0) is 30.5 Å². The Bertz CT molecular complexity index is 668. The lowest BCUT2D eigenvalue weighted by Gasteiger charge is -2.36. The first-order valence-corrected chi connectivity index (χ1v) is 10.5. The van der Waals surface area contributed by atoms with Gasteiger partial charge in [0.1, 0.15) is 0 Å². The van der Waals surface area contributed by atoms with Crippen molar-refractivity contribution in [1.29, 1.82) is 0 Å². The Hall–Kier alpha value is -1.84. The van der Waals surface area contributed by atoms with Crippen molar-refractivity contribution in [2.75, 3.05) is 59.6 Å². The summed E-state index contributed by atoms with van der Waals surface area (Å²) in [4.78, 5) is 8.80. The summed E-state index contributed by atoms with van der Waals surface area (Å²) in [6, 6.07) is 5.43. The third-order valence-electron chi connectivity index (χ3n) is 5.43. The van der Waals surface area contributed by atoms with Crippen molar-refractivity contribution in [3.63, 3.8) is 0 Å². The average molecular weight is 428 g/mol. The number of hydrogen-bond acceptors (Lipinski definition) is 4. The molecule has 6 nitrogen and oxygen atoms in total. The molecule has 1 N–H and O–H groups in total. The molecule has 1 unspecified atom stereocenters. The van der Waals surface area contributed by atoms with Crippen LogP contribution in [0.15, 0.2) is 29.3 Å². The maximum Gasteiger partial charge on any atom is 0.416 e. The first-order valence-electron chi connectivity index (χ1n) is 10.5. The third kappa shape index (κ3) is 6.85. The van der Waals surface area contributed by atoms with Crippen LogP contribution in [0.4, 0.5) is 13.2 Å². The molecule has 0 aromatic heterocycles. The fraction of sp³-hybridized carbons (Fsp3) is 0.667. The van der Waals surface area contributed by atoms with Crippen LogP contribution in [0.5, 0.6) is 0 Å². The van der Waals surface area contributed by atoms with Gasteiger partial charge >= 0.3 is 6.18 Å². The first-order chi connectivity index (χ1) is 14.5. The molecule has 0 spiro atoms. The van der Waals surface area contributed by atoms with Crippen LogP contribution in [0.3, 0.4) is 0 Å². The Morgan fingerprint density at radius 3 is 2.53 bits per heavy atom. The normalized spacial score (nSPS) is 21.3. The summed E-state index contributed by atoms with van der Waals surface area (Å²) in [6.45, 7) is 6.71. The van der Waals surface area contributed by atoms with E-state index in [-0.39, 0.29) is 6.10 Å². The number of alkyl halides is 3. The second-order valence-electron chi connectivity index (χ2n) is 7.64. The summed E-state index contributed by atoms with van der Waals surface area (Å²) < 4.78 is 49.3. The lowest BCUT2D eigenvalue weighted by atomic mass is 10.1. The summed E-state index contributed by atoms with van der Waals surface area (Å²) in [5, 5.41) is 3.33. The van der Waals surface area contributed by atoms with Gasteiger partial charge in [0.2, 0.25) is 0 Å². The summed E-state index contributed by atoms with van der Waals surface area (Å²) in [5.74, 6) is 0.852. The molecule has 0 bridgehead atoms. The van der Waals surface area contributed by atoms with Crippen molar-refractivity contribution in [1.82, 2.24) is 15.1 Å². The molecule has 9 heteroatoms. The predicted molar refractivity (Wildman–Crippen MR) is 109 cm³/mol. The molecule has 1 aromatic rings. The Morgan fingerprint density at radius 1 is 1.20 bits per heavy atom. The molecule has 0 amide bonds. The van der Waals surface area contributed by atoms with Crippen LogP contribution in [0.25, 0.3) is 0 Å². The number of guanidine groups is 1. The van der Waals surface area contributed by atoms with Crippen LogP contribution in [0.1, 0.15) is 24.0 Å². The average Bonchev–Trinajstić information content (AvgIpc) is 3.25. The topological polar surface area (TPSA) is 49.3 Å². The van der Waals surface area contributed by atoms with Crippen LogP contribution in [0.2, 0.25) is 0 Å². The lowest BCUT2D eigenvalue weighted by Crippen LogP contribution is -2.52. The molecule has 0 aliphatic carbocycles. The minimum Gasteiger partial charge on any atom is -0.377 e. The highest BCUT2D eigenvalue weighted by molar-refractivity contribution is 5.79. The summed E-state index contributed by atoms with van der Waals surface area (Å²) in [6.07, 6.45) is -1.86. The number of halogens is 3. The van der Waals surface area contributed by atoms with Gasteiger partial charge < -0.3 is 19.7 Å². The minimum absolute atomic E-state index is 0.238. The van der Waals surface area contributed by atoms with Gasteiger partial charge in [0.25, 0.3) is 0 Å². The van der Waals surface area contributed by atoms with E-state index in [9.17, 15) is 13.2 Å². The van der Waals surface area contributed by atoms with Crippen molar-refractivity contribution in [2.24, 2.45) is 4.99 Å². The molecular formula is C21H31F3N4O2. The molecule has 3 rings (SSSR count). The van der Waals surface area contributed by atoms with Crippen LogP contribution in [-0.2, 0) is 22.2 Å². The van der Waals surface area contributed by atoms with Crippen molar-refractivity contribution >= 4 is 5.96 Å². The van der Waals surface area contributed by atoms with E-state index in [1.165, 1.54) is 0 Å². The Labute approximate surface area is 176 Å². The number of aliphatic imine (C=N–C) groups is 1. The summed E-state index contributed by atoms with van der Waals surface area (Å²) in [5.41, 5.74) is 0.285.